The molecule has 0 saturated heterocycles. The fraction of sp³-hybridized carbons (Fsp3) is 0. The third kappa shape index (κ3) is 2.96. The Labute approximate surface area is 43.7 Å². The van der Waals surface area contributed by atoms with Crippen LogP contribution in [0, 0.1) is 10.8 Å². The molecular formula is C4H5BN2. The summed E-state index contributed by atoms with van der Waals surface area (Å²) in [5.74, 6) is 0. The number of rotatable bonds is 2. The molecule has 0 rings (SSSR count). The summed E-state index contributed by atoms with van der Waals surface area (Å²) in [6.45, 7) is 0. The van der Waals surface area contributed by atoms with Crippen LogP contribution in [-0.4, -0.2) is 20.3 Å². The van der Waals surface area contributed by atoms with Crippen LogP contribution in [0.15, 0.2) is 11.5 Å². The lowest BCUT2D eigenvalue weighted by Gasteiger charge is -1.78. The Balaban J connectivity index is 3.72. The summed E-state index contributed by atoms with van der Waals surface area (Å²) in [6, 6.07) is 0. The molecule has 0 amide bonds. The monoisotopic (exact) mass is 92.1 g/mol. The fourth-order valence-electron chi connectivity index (χ4n) is 0.144. The SMILES string of the molecule is [B]/C(C=N)=C/C=N. The van der Waals surface area contributed by atoms with E-state index in [2.05, 4.69) is 0 Å². The summed E-state index contributed by atoms with van der Waals surface area (Å²) in [6.07, 6.45) is 3.37. The molecule has 0 aromatic heterocycles. The molecule has 0 unspecified atom stereocenters. The van der Waals surface area contributed by atoms with E-state index in [1.165, 1.54) is 6.08 Å². The molecule has 0 atom stereocenters. The Hall–Kier alpha value is -0.855. The van der Waals surface area contributed by atoms with Crippen LogP contribution in [0.4, 0.5) is 0 Å². The molecule has 0 fully saturated rings. The molecule has 2 radical (unpaired) electrons. The Bertz CT molecular complexity index is 106. The van der Waals surface area contributed by atoms with Crippen LogP contribution in [0.1, 0.15) is 0 Å². The van der Waals surface area contributed by atoms with Crippen molar-refractivity contribution in [2.45, 2.75) is 0 Å². The maximum atomic E-state index is 6.49. The highest BCUT2D eigenvalue weighted by Gasteiger charge is 1.71. The minimum Gasteiger partial charge on any atom is -0.309 e. The maximum absolute atomic E-state index is 6.49. The number of nitrogens with one attached hydrogen (secondary N) is 2. The maximum Gasteiger partial charge on any atom is 0.116 e. The molecule has 0 aliphatic heterocycles. The summed E-state index contributed by atoms with van der Waals surface area (Å²) in [5, 5.41) is 12.9. The molecule has 0 bridgehead atoms. The van der Waals surface area contributed by atoms with E-state index >= 15 is 0 Å². The minimum absolute atomic E-state index is 0.301. The highest BCUT2D eigenvalue weighted by atomic mass is 14.3. The van der Waals surface area contributed by atoms with Gasteiger partial charge in [0, 0.05) is 12.4 Å². The van der Waals surface area contributed by atoms with Crippen LogP contribution >= 0.6 is 0 Å². The zero-order chi connectivity index (χ0) is 5.70. The molecule has 3 heteroatoms. The van der Waals surface area contributed by atoms with Gasteiger partial charge in [0.1, 0.15) is 7.85 Å². The zero-order valence-electron chi connectivity index (χ0n) is 3.81. The van der Waals surface area contributed by atoms with Crippen LogP contribution in [0.5, 0.6) is 0 Å². The first-order valence-electron chi connectivity index (χ1n) is 1.78. The van der Waals surface area contributed by atoms with Crippen molar-refractivity contribution in [2.75, 3.05) is 0 Å². The lowest BCUT2D eigenvalue weighted by atomic mass is 9.97. The topological polar surface area (TPSA) is 47.7 Å². The summed E-state index contributed by atoms with van der Waals surface area (Å²) in [7, 11) is 5.05. The van der Waals surface area contributed by atoms with Crippen molar-refractivity contribution in [3.05, 3.63) is 11.5 Å². The normalized spacial score (nSPS) is 10.6. The van der Waals surface area contributed by atoms with Crippen molar-refractivity contribution in [3.8, 4) is 0 Å². The molecular weight excluding hydrogens is 86.9 g/mol. The second kappa shape index (κ2) is 3.34. The van der Waals surface area contributed by atoms with Crippen molar-refractivity contribution in [3.63, 3.8) is 0 Å². The van der Waals surface area contributed by atoms with Gasteiger partial charge in [-0.3, -0.25) is 0 Å². The van der Waals surface area contributed by atoms with E-state index in [1.807, 2.05) is 0 Å². The van der Waals surface area contributed by atoms with Crippen molar-refractivity contribution in [1.82, 2.24) is 0 Å². The van der Waals surface area contributed by atoms with E-state index in [9.17, 15) is 0 Å². The molecule has 0 heterocycles. The third-order valence-corrected chi connectivity index (χ3v) is 0.442. The van der Waals surface area contributed by atoms with Crippen LogP contribution in [-0.2, 0) is 0 Å². The van der Waals surface area contributed by atoms with Crippen LogP contribution < -0.4 is 0 Å². The van der Waals surface area contributed by atoms with Gasteiger partial charge in [-0.1, -0.05) is 11.5 Å². The van der Waals surface area contributed by atoms with E-state index in [-0.39, 0.29) is 0 Å². The van der Waals surface area contributed by atoms with E-state index in [0.717, 1.165) is 12.4 Å². The predicted molar refractivity (Wildman–Crippen MR) is 31.4 cm³/mol. The van der Waals surface area contributed by atoms with Gasteiger partial charge in [0.2, 0.25) is 0 Å². The molecule has 34 valence electrons. The number of hydrogen-bond acceptors (Lipinski definition) is 2. The van der Waals surface area contributed by atoms with Gasteiger partial charge in [-0.15, -0.1) is 0 Å². The van der Waals surface area contributed by atoms with Gasteiger partial charge < -0.3 is 10.8 Å². The first-order valence-corrected chi connectivity index (χ1v) is 1.78. The van der Waals surface area contributed by atoms with Gasteiger partial charge in [0.05, 0.1) is 0 Å². The molecule has 2 N–H and O–H groups in total. The van der Waals surface area contributed by atoms with Gasteiger partial charge >= 0.3 is 0 Å². The van der Waals surface area contributed by atoms with E-state index < -0.39 is 0 Å². The minimum atomic E-state index is 0.301. The number of allylic oxidation sites excluding steroid dienone is 2. The van der Waals surface area contributed by atoms with Gasteiger partial charge in [-0.05, 0) is 0 Å². The first kappa shape index (κ1) is 6.14. The summed E-state index contributed by atoms with van der Waals surface area (Å²) in [4.78, 5) is 0. The van der Waals surface area contributed by atoms with Crippen LogP contribution in [0.3, 0.4) is 0 Å². The van der Waals surface area contributed by atoms with Gasteiger partial charge in [-0.2, -0.15) is 0 Å². The highest BCUT2D eigenvalue weighted by molar-refractivity contribution is 6.33. The zero-order valence-corrected chi connectivity index (χ0v) is 3.81. The van der Waals surface area contributed by atoms with E-state index in [1.54, 1.807) is 0 Å². The van der Waals surface area contributed by atoms with Gasteiger partial charge in [0.15, 0.2) is 0 Å². The molecule has 7 heavy (non-hydrogen) atoms. The average molecular weight is 91.9 g/mol. The van der Waals surface area contributed by atoms with Crippen LogP contribution in [0.2, 0.25) is 0 Å². The number of hydrogen-bond donors (Lipinski definition) is 2. The first-order chi connectivity index (χ1) is 3.31. The van der Waals surface area contributed by atoms with Gasteiger partial charge in [-0.25, -0.2) is 0 Å². The molecule has 0 aromatic rings. The van der Waals surface area contributed by atoms with Crippen LogP contribution in [0.25, 0.3) is 0 Å². The molecule has 0 aliphatic rings. The van der Waals surface area contributed by atoms with Gasteiger partial charge in [0.25, 0.3) is 0 Å². The molecule has 0 aliphatic carbocycles. The van der Waals surface area contributed by atoms with Crippen molar-refractivity contribution < 1.29 is 0 Å². The summed E-state index contributed by atoms with van der Waals surface area (Å²) in [5.41, 5.74) is 0.301. The smallest absolute Gasteiger partial charge is 0.116 e. The lowest BCUT2D eigenvalue weighted by molar-refractivity contribution is 1.56. The standard InChI is InChI=1S/C4H5BN2/c5-4(3-7)1-2-6/h1-3,6-7H/b4-1+,6-2?,7-3?. The lowest BCUT2D eigenvalue weighted by Crippen LogP contribution is -1.79. The Morgan fingerprint density at radius 3 is 2.14 bits per heavy atom. The molecule has 0 saturated carbocycles. The van der Waals surface area contributed by atoms with E-state index in [0.29, 0.717) is 5.47 Å². The molecule has 0 aromatic carbocycles. The Morgan fingerprint density at radius 1 is 1.43 bits per heavy atom. The highest BCUT2D eigenvalue weighted by Crippen LogP contribution is 1.73. The summed E-state index contributed by atoms with van der Waals surface area (Å²) >= 11 is 0. The Morgan fingerprint density at radius 2 is 2.00 bits per heavy atom. The second-order valence-corrected chi connectivity index (χ2v) is 0.978. The third-order valence-electron chi connectivity index (χ3n) is 0.442. The van der Waals surface area contributed by atoms with Crippen molar-refractivity contribution in [2.24, 2.45) is 0 Å². The summed E-state index contributed by atoms with van der Waals surface area (Å²) < 4.78 is 0. The quantitative estimate of drug-likeness (QED) is 0.364. The van der Waals surface area contributed by atoms with Crippen molar-refractivity contribution in [1.29, 1.82) is 10.8 Å². The second-order valence-electron chi connectivity index (χ2n) is 0.978. The fourth-order valence-corrected chi connectivity index (χ4v) is 0.144. The van der Waals surface area contributed by atoms with E-state index in [4.69, 9.17) is 18.7 Å². The van der Waals surface area contributed by atoms with Crippen molar-refractivity contribution >= 4 is 20.3 Å². The molecule has 2 nitrogen and oxygen atoms in total. The Kier molecular flexibility index (Phi) is 2.93. The largest absolute Gasteiger partial charge is 0.309 e. The predicted octanol–water partition coefficient (Wildman–Crippen LogP) is 0.338. The average Bonchev–Trinajstić information content (AvgIpc) is 1.68. The molecule has 0 spiro atoms.